The summed E-state index contributed by atoms with van der Waals surface area (Å²) < 4.78 is 5.29. The van der Waals surface area contributed by atoms with E-state index < -0.39 is 38.3 Å². The summed E-state index contributed by atoms with van der Waals surface area (Å²) in [6.07, 6.45) is 0.156. The molecular formula is C22H14ClNO6. The average molecular weight is 424 g/mol. The minimum Gasteiger partial charge on any atom is -0.495 e. The van der Waals surface area contributed by atoms with Gasteiger partial charge in [-0.3, -0.25) is 24.5 Å². The number of nitro groups is 1. The minimum absolute atomic E-state index is 0.121. The van der Waals surface area contributed by atoms with Crippen LogP contribution in [-0.2, 0) is 0 Å². The standard InChI is InChI=1S/C22H14ClNO6/c1-30-22-16(20(26)13-8-4-2-5-9-13)18(23)15(12-25)19(24(28)29)17(22)21(27)14-10-6-3-7-11-14/h2-12H,1H3. The van der Waals surface area contributed by atoms with E-state index in [1.807, 2.05) is 0 Å². The Hall–Kier alpha value is -3.84. The van der Waals surface area contributed by atoms with Crippen molar-refractivity contribution in [3.8, 4) is 5.75 Å². The van der Waals surface area contributed by atoms with E-state index in [9.17, 15) is 24.5 Å². The molecule has 0 radical (unpaired) electrons. The van der Waals surface area contributed by atoms with E-state index in [1.54, 1.807) is 36.4 Å². The molecule has 0 N–H and O–H groups in total. The van der Waals surface area contributed by atoms with Gasteiger partial charge in [-0.05, 0) is 0 Å². The van der Waals surface area contributed by atoms with Crippen molar-refractivity contribution >= 4 is 35.1 Å². The van der Waals surface area contributed by atoms with Crippen molar-refractivity contribution in [2.24, 2.45) is 0 Å². The summed E-state index contributed by atoms with van der Waals surface area (Å²) >= 11 is 6.26. The molecule has 3 aromatic rings. The maximum absolute atomic E-state index is 13.2. The Bertz CT molecular complexity index is 1160. The lowest BCUT2D eigenvalue weighted by Crippen LogP contribution is -2.15. The van der Waals surface area contributed by atoms with Crippen LogP contribution >= 0.6 is 11.6 Å². The van der Waals surface area contributed by atoms with Gasteiger partial charge in [0.25, 0.3) is 5.69 Å². The highest BCUT2D eigenvalue weighted by atomic mass is 35.5. The summed E-state index contributed by atoms with van der Waals surface area (Å²) in [7, 11) is 1.17. The minimum atomic E-state index is -0.884. The number of hydrogen-bond acceptors (Lipinski definition) is 6. The second-order valence-corrected chi connectivity index (χ2v) is 6.50. The molecule has 0 atom stereocenters. The van der Waals surface area contributed by atoms with E-state index in [2.05, 4.69) is 0 Å². The van der Waals surface area contributed by atoms with Crippen molar-refractivity contribution in [2.75, 3.05) is 7.11 Å². The maximum atomic E-state index is 13.2. The Morgan fingerprint density at radius 3 is 1.80 bits per heavy atom. The summed E-state index contributed by atoms with van der Waals surface area (Å²) in [5.41, 5.74) is -1.86. The summed E-state index contributed by atoms with van der Waals surface area (Å²) in [4.78, 5) is 49.0. The number of ketones is 2. The van der Waals surface area contributed by atoms with Crippen molar-refractivity contribution in [1.29, 1.82) is 0 Å². The van der Waals surface area contributed by atoms with Crippen molar-refractivity contribution < 1.29 is 24.0 Å². The van der Waals surface area contributed by atoms with Crippen LogP contribution in [0.15, 0.2) is 60.7 Å². The van der Waals surface area contributed by atoms with Gasteiger partial charge in [0.05, 0.1) is 22.6 Å². The van der Waals surface area contributed by atoms with Crippen LogP contribution in [0.2, 0.25) is 5.02 Å². The SMILES string of the molecule is COc1c(C(=O)c2ccccc2)c(Cl)c(C=O)c([N+](=O)[O-])c1C(=O)c1ccccc1. The average Bonchev–Trinajstić information content (AvgIpc) is 2.78. The molecule has 0 aromatic heterocycles. The molecular weight excluding hydrogens is 410 g/mol. The van der Waals surface area contributed by atoms with Crippen LogP contribution in [0.5, 0.6) is 5.75 Å². The molecule has 3 aromatic carbocycles. The van der Waals surface area contributed by atoms with Gasteiger partial charge in [-0.15, -0.1) is 0 Å². The van der Waals surface area contributed by atoms with Crippen LogP contribution in [0.3, 0.4) is 0 Å². The van der Waals surface area contributed by atoms with Gasteiger partial charge in [-0.2, -0.15) is 0 Å². The van der Waals surface area contributed by atoms with E-state index in [0.29, 0.717) is 0 Å². The molecule has 0 amide bonds. The normalized spacial score (nSPS) is 10.3. The lowest BCUT2D eigenvalue weighted by Gasteiger charge is -2.16. The highest BCUT2D eigenvalue weighted by Gasteiger charge is 2.37. The van der Waals surface area contributed by atoms with Gasteiger partial charge in [-0.25, -0.2) is 0 Å². The Balaban J connectivity index is 2.43. The fourth-order valence-corrected chi connectivity index (χ4v) is 3.39. The first-order valence-corrected chi connectivity index (χ1v) is 9.02. The Kier molecular flexibility index (Phi) is 6.03. The summed E-state index contributed by atoms with van der Waals surface area (Å²) in [5.74, 6) is -1.78. The smallest absolute Gasteiger partial charge is 0.296 e. The van der Waals surface area contributed by atoms with Crippen molar-refractivity contribution in [3.05, 3.63) is 104 Å². The first-order valence-electron chi connectivity index (χ1n) is 8.64. The van der Waals surface area contributed by atoms with Gasteiger partial charge in [-0.1, -0.05) is 72.3 Å². The van der Waals surface area contributed by atoms with Crippen molar-refractivity contribution in [2.45, 2.75) is 0 Å². The van der Waals surface area contributed by atoms with Gasteiger partial charge < -0.3 is 4.74 Å². The molecule has 7 nitrogen and oxygen atoms in total. The predicted octanol–water partition coefficient (Wildman–Crippen LogP) is 4.53. The highest BCUT2D eigenvalue weighted by Crippen LogP contribution is 2.43. The molecule has 0 unspecified atom stereocenters. The summed E-state index contributed by atoms with van der Waals surface area (Å²) in [6.45, 7) is 0. The molecule has 0 aliphatic heterocycles. The van der Waals surface area contributed by atoms with Gasteiger partial charge >= 0.3 is 0 Å². The van der Waals surface area contributed by atoms with E-state index in [1.165, 1.54) is 31.4 Å². The van der Waals surface area contributed by atoms with Crippen molar-refractivity contribution in [1.82, 2.24) is 0 Å². The molecule has 150 valence electrons. The van der Waals surface area contributed by atoms with Crippen LogP contribution in [0, 0.1) is 10.1 Å². The maximum Gasteiger partial charge on any atom is 0.296 e. The Morgan fingerprint density at radius 2 is 1.40 bits per heavy atom. The number of carbonyl (C=O) groups is 3. The molecule has 0 heterocycles. The Labute approximate surface area is 176 Å². The molecule has 0 saturated carbocycles. The summed E-state index contributed by atoms with van der Waals surface area (Å²) in [6, 6.07) is 15.7. The number of halogens is 1. The first-order chi connectivity index (χ1) is 14.4. The number of methoxy groups -OCH3 is 1. The van der Waals surface area contributed by atoms with Gasteiger partial charge in [0.1, 0.15) is 16.9 Å². The largest absolute Gasteiger partial charge is 0.495 e. The fourth-order valence-electron chi connectivity index (χ4n) is 3.09. The second kappa shape index (κ2) is 8.67. The number of ether oxygens (including phenoxy) is 1. The van der Waals surface area contributed by atoms with E-state index >= 15 is 0 Å². The monoisotopic (exact) mass is 423 g/mol. The molecule has 0 aliphatic rings. The van der Waals surface area contributed by atoms with E-state index in [0.717, 1.165) is 0 Å². The van der Waals surface area contributed by atoms with Crippen LogP contribution in [-0.4, -0.2) is 29.9 Å². The number of carbonyl (C=O) groups excluding carboxylic acids is 3. The highest BCUT2D eigenvalue weighted by molar-refractivity contribution is 6.39. The summed E-state index contributed by atoms with van der Waals surface area (Å²) in [5, 5.41) is 11.4. The number of aldehydes is 1. The van der Waals surface area contributed by atoms with Gasteiger partial charge in [0, 0.05) is 11.1 Å². The third-order valence-corrected chi connectivity index (χ3v) is 4.83. The fraction of sp³-hybridized carbons (Fsp3) is 0.0455. The quantitative estimate of drug-likeness (QED) is 0.239. The number of rotatable bonds is 7. The molecule has 8 heteroatoms. The van der Waals surface area contributed by atoms with Gasteiger partial charge in [0.15, 0.2) is 12.1 Å². The van der Waals surface area contributed by atoms with Crippen molar-refractivity contribution in [3.63, 3.8) is 0 Å². The molecule has 0 aliphatic carbocycles. The predicted molar refractivity (Wildman–Crippen MR) is 110 cm³/mol. The number of nitrogens with zero attached hydrogens (tertiary/aromatic N) is 1. The van der Waals surface area contributed by atoms with Crippen LogP contribution < -0.4 is 4.74 Å². The first kappa shape index (κ1) is 20.9. The molecule has 0 saturated heterocycles. The van der Waals surface area contributed by atoms with Gasteiger partial charge in [0.2, 0.25) is 5.78 Å². The zero-order valence-electron chi connectivity index (χ0n) is 15.6. The molecule has 0 bridgehead atoms. The van der Waals surface area contributed by atoms with Crippen LogP contribution in [0.1, 0.15) is 42.2 Å². The Morgan fingerprint density at radius 1 is 0.933 bits per heavy atom. The molecule has 0 spiro atoms. The van der Waals surface area contributed by atoms with E-state index in [-0.39, 0.29) is 28.7 Å². The van der Waals surface area contributed by atoms with Crippen LogP contribution in [0.25, 0.3) is 0 Å². The zero-order valence-corrected chi connectivity index (χ0v) is 16.4. The molecule has 3 rings (SSSR count). The zero-order chi connectivity index (χ0) is 21.8. The second-order valence-electron chi connectivity index (χ2n) is 6.12. The third-order valence-electron chi connectivity index (χ3n) is 4.43. The van der Waals surface area contributed by atoms with Crippen LogP contribution in [0.4, 0.5) is 5.69 Å². The molecule has 0 fully saturated rings. The molecule has 30 heavy (non-hydrogen) atoms. The lowest BCUT2D eigenvalue weighted by molar-refractivity contribution is -0.385. The number of benzene rings is 3. The number of nitro benzene ring substituents is 1. The van der Waals surface area contributed by atoms with E-state index in [4.69, 9.17) is 16.3 Å². The topological polar surface area (TPSA) is 104 Å². The lowest BCUT2D eigenvalue weighted by atomic mass is 9.91. The number of hydrogen-bond donors (Lipinski definition) is 0. The third kappa shape index (κ3) is 3.58.